The lowest BCUT2D eigenvalue weighted by molar-refractivity contribution is -0.164. The van der Waals surface area contributed by atoms with E-state index in [2.05, 4.69) is 25.6 Å². The van der Waals surface area contributed by atoms with Gasteiger partial charge in [-0.25, -0.2) is 4.98 Å². The summed E-state index contributed by atoms with van der Waals surface area (Å²) >= 11 is 6.12. The van der Waals surface area contributed by atoms with Gasteiger partial charge in [-0.3, -0.25) is 4.79 Å². The van der Waals surface area contributed by atoms with Crippen LogP contribution in [0.1, 0.15) is 26.3 Å². The van der Waals surface area contributed by atoms with E-state index >= 15 is 0 Å². The molecule has 5 rings (SSSR count). The minimum Gasteiger partial charge on any atom is -0.371 e. The summed E-state index contributed by atoms with van der Waals surface area (Å²) in [5.41, 5.74) is 0.683. The van der Waals surface area contributed by atoms with Gasteiger partial charge in [-0.2, -0.15) is 9.97 Å². The van der Waals surface area contributed by atoms with Gasteiger partial charge in [0.25, 0.3) is 0 Å². The molecule has 2 N–H and O–H groups in total. The molecule has 1 saturated heterocycles. The smallest absolute Gasteiger partial charge is 0.229 e. The van der Waals surface area contributed by atoms with Crippen LogP contribution in [-0.4, -0.2) is 57.5 Å². The molecule has 5 atom stereocenters. The third-order valence-electron chi connectivity index (χ3n) is 6.05. The van der Waals surface area contributed by atoms with Crippen molar-refractivity contribution in [2.75, 3.05) is 19.4 Å². The number of ether oxygens (including phenoxy) is 2. The molecule has 3 aliphatic rings. The van der Waals surface area contributed by atoms with Crippen molar-refractivity contribution in [3.05, 3.63) is 11.6 Å². The van der Waals surface area contributed by atoms with Gasteiger partial charge in [0.1, 0.15) is 12.2 Å². The van der Waals surface area contributed by atoms with Gasteiger partial charge in [0.05, 0.1) is 17.8 Å². The first kappa shape index (κ1) is 17.2. The normalized spacial score (nSPS) is 35.7. The highest BCUT2D eigenvalue weighted by atomic mass is 35.5. The first-order valence-corrected chi connectivity index (χ1v) is 9.36. The summed E-state index contributed by atoms with van der Waals surface area (Å²) in [6.07, 6.45) is 1.90. The number of hydrogen-bond donors (Lipinski definition) is 2. The Morgan fingerprint density at radius 3 is 2.81 bits per heavy atom. The van der Waals surface area contributed by atoms with E-state index in [1.54, 1.807) is 20.4 Å². The van der Waals surface area contributed by atoms with Crippen molar-refractivity contribution < 1.29 is 14.3 Å². The van der Waals surface area contributed by atoms with Gasteiger partial charge in [0.2, 0.25) is 11.2 Å². The quantitative estimate of drug-likeness (QED) is 0.760. The minimum absolute atomic E-state index is 0.000655. The molecule has 0 spiro atoms. The number of carbonyl (C=O) groups excluding carboxylic acids is 1. The number of aromatic nitrogens is 4. The van der Waals surface area contributed by atoms with Gasteiger partial charge in [-0.1, -0.05) is 0 Å². The topological polar surface area (TPSA) is 103 Å². The van der Waals surface area contributed by atoms with Crippen LogP contribution < -0.4 is 10.6 Å². The van der Waals surface area contributed by atoms with Crippen LogP contribution in [0.2, 0.25) is 5.28 Å². The molecule has 27 heavy (non-hydrogen) atoms. The van der Waals surface area contributed by atoms with Crippen molar-refractivity contribution in [2.45, 2.75) is 44.3 Å². The molecule has 10 heteroatoms. The first-order chi connectivity index (χ1) is 12.8. The summed E-state index contributed by atoms with van der Waals surface area (Å²) < 4.78 is 14.4. The summed E-state index contributed by atoms with van der Waals surface area (Å²) in [6, 6.07) is -0.116. The molecule has 0 aromatic carbocycles. The summed E-state index contributed by atoms with van der Waals surface area (Å²) in [4.78, 5) is 25.8. The maximum Gasteiger partial charge on any atom is 0.229 e. The molecule has 0 unspecified atom stereocenters. The van der Waals surface area contributed by atoms with E-state index in [1.165, 1.54) is 0 Å². The molecular weight excluding hydrogens is 372 g/mol. The second kappa shape index (κ2) is 5.30. The number of fused-ring (bicyclic) bond motifs is 4. The van der Waals surface area contributed by atoms with Crippen LogP contribution in [0.15, 0.2) is 6.33 Å². The summed E-state index contributed by atoms with van der Waals surface area (Å²) in [7, 11) is 3.42. The largest absolute Gasteiger partial charge is 0.371 e. The lowest BCUT2D eigenvalue weighted by atomic mass is 9.98. The predicted octanol–water partition coefficient (Wildman–Crippen LogP) is 1.35. The summed E-state index contributed by atoms with van der Waals surface area (Å²) in [5, 5.41) is 5.94. The van der Waals surface area contributed by atoms with Gasteiger partial charge >= 0.3 is 0 Å². The van der Waals surface area contributed by atoms with Gasteiger partial charge < -0.3 is 24.7 Å². The van der Waals surface area contributed by atoms with Crippen molar-refractivity contribution in [3.8, 4) is 0 Å². The van der Waals surface area contributed by atoms with E-state index in [4.69, 9.17) is 21.1 Å². The van der Waals surface area contributed by atoms with E-state index in [-0.39, 0.29) is 35.4 Å². The zero-order valence-electron chi connectivity index (χ0n) is 15.5. The van der Waals surface area contributed by atoms with Gasteiger partial charge in [-0.15, -0.1) is 0 Å². The molecule has 3 heterocycles. The maximum absolute atomic E-state index is 12.7. The van der Waals surface area contributed by atoms with Crippen molar-refractivity contribution in [1.82, 2.24) is 24.8 Å². The Bertz CT molecular complexity index is 962. The number of anilines is 1. The Morgan fingerprint density at radius 2 is 2.11 bits per heavy atom. The highest BCUT2D eigenvalue weighted by molar-refractivity contribution is 6.28. The fourth-order valence-corrected chi connectivity index (χ4v) is 5.15. The number of imidazole rings is 1. The van der Waals surface area contributed by atoms with Crippen LogP contribution in [0.4, 0.5) is 5.82 Å². The lowest BCUT2D eigenvalue weighted by Crippen LogP contribution is -2.40. The molecule has 0 bridgehead atoms. The molecule has 0 radical (unpaired) electrons. The molecule has 3 fully saturated rings. The molecule has 144 valence electrons. The summed E-state index contributed by atoms with van der Waals surface area (Å²) in [6.45, 7) is 3.75. The highest BCUT2D eigenvalue weighted by Gasteiger charge is 2.79. The van der Waals surface area contributed by atoms with Crippen molar-refractivity contribution in [2.24, 2.45) is 11.3 Å². The van der Waals surface area contributed by atoms with Crippen molar-refractivity contribution in [3.63, 3.8) is 0 Å². The van der Waals surface area contributed by atoms with Crippen LogP contribution in [0.3, 0.4) is 0 Å². The van der Waals surface area contributed by atoms with Crippen LogP contribution in [-0.2, 0) is 14.3 Å². The fourth-order valence-electron chi connectivity index (χ4n) is 4.98. The Balaban J connectivity index is 1.65. The Kier molecular flexibility index (Phi) is 3.37. The number of halogens is 1. The van der Waals surface area contributed by atoms with Crippen molar-refractivity contribution in [1.29, 1.82) is 0 Å². The standard InChI is InChI=1S/C17H21ClN6O3/c1-16(2)26-10-9(7-5-17(7,11(10)27-16)14(25)20-4)24-6-21-8-12(19-3)22-15(18)23-13(8)24/h6-7,9-11H,5H2,1-4H3,(H,20,25)(H,19,22,23)/t7-,9-,10+,11+,17+/m1/s1. The lowest BCUT2D eigenvalue weighted by Gasteiger charge is -2.24. The maximum atomic E-state index is 12.7. The molecular formula is C17H21ClN6O3. The van der Waals surface area contributed by atoms with Gasteiger partial charge in [0, 0.05) is 20.0 Å². The molecule has 2 saturated carbocycles. The number of carbonyl (C=O) groups is 1. The molecule has 1 aliphatic heterocycles. The molecule has 2 aromatic rings. The average molecular weight is 393 g/mol. The molecule has 1 amide bonds. The monoisotopic (exact) mass is 392 g/mol. The molecule has 9 nitrogen and oxygen atoms in total. The molecule has 2 aromatic heterocycles. The SMILES string of the molecule is CNC(=O)[C@@]12C[C@@H]1[C@@H](n1cnc3c(NC)nc(Cl)nc31)[C@@H]1OC(C)(C)O[C@@H]12. The second-order valence-electron chi connectivity index (χ2n) is 7.86. The Labute approximate surface area is 160 Å². The Hall–Kier alpha value is -1.97. The van der Waals surface area contributed by atoms with E-state index in [0.29, 0.717) is 17.0 Å². The number of nitrogens with one attached hydrogen (secondary N) is 2. The second-order valence-corrected chi connectivity index (χ2v) is 8.19. The average Bonchev–Trinajstić information content (AvgIpc) is 2.95. The van der Waals surface area contributed by atoms with E-state index in [1.807, 2.05) is 18.4 Å². The summed E-state index contributed by atoms with van der Waals surface area (Å²) in [5.74, 6) is -0.0935. The molecule has 2 aliphatic carbocycles. The van der Waals surface area contributed by atoms with E-state index in [0.717, 1.165) is 6.42 Å². The van der Waals surface area contributed by atoms with Crippen LogP contribution in [0.25, 0.3) is 11.2 Å². The number of amides is 1. The Morgan fingerprint density at radius 1 is 1.33 bits per heavy atom. The highest BCUT2D eigenvalue weighted by Crippen LogP contribution is 2.71. The third-order valence-corrected chi connectivity index (χ3v) is 6.22. The fraction of sp³-hybridized carbons (Fsp3) is 0.647. The van der Waals surface area contributed by atoms with Crippen LogP contribution >= 0.6 is 11.6 Å². The zero-order valence-corrected chi connectivity index (χ0v) is 16.2. The third kappa shape index (κ3) is 2.13. The first-order valence-electron chi connectivity index (χ1n) is 8.98. The predicted molar refractivity (Wildman–Crippen MR) is 97.3 cm³/mol. The van der Waals surface area contributed by atoms with Crippen LogP contribution in [0.5, 0.6) is 0 Å². The van der Waals surface area contributed by atoms with Gasteiger partial charge in [-0.05, 0) is 31.9 Å². The van der Waals surface area contributed by atoms with Crippen molar-refractivity contribution >= 4 is 34.5 Å². The van der Waals surface area contributed by atoms with E-state index in [9.17, 15) is 4.79 Å². The van der Waals surface area contributed by atoms with Crippen LogP contribution in [0, 0.1) is 11.3 Å². The number of nitrogens with zero attached hydrogens (tertiary/aromatic N) is 4. The minimum atomic E-state index is -0.749. The van der Waals surface area contributed by atoms with E-state index < -0.39 is 11.2 Å². The van der Waals surface area contributed by atoms with Gasteiger partial charge in [0.15, 0.2) is 22.8 Å². The number of rotatable bonds is 3. The number of hydrogen-bond acceptors (Lipinski definition) is 7. The zero-order chi connectivity index (χ0) is 19.1.